The van der Waals surface area contributed by atoms with E-state index in [4.69, 9.17) is 0 Å². The summed E-state index contributed by atoms with van der Waals surface area (Å²) in [6.07, 6.45) is 0. The van der Waals surface area contributed by atoms with Gasteiger partial charge in [-0.2, -0.15) is 0 Å². The summed E-state index contributed by atoms with van der Waals surface area (Å²) in [6.45, 7) is 0. The first-order valence-electron chi connectivity index (χ1n) is 18.8. The summed E-state index contributed by atoms with van der Waals surface area (Å²) in [5.41, 5.74) is 17.5. The van der Waals surface area contributed by atoms with E-state index in [1.165, 1.54) is 50.1 Å². The maximum absolute atomic E-state index is 2.41. The van der Waals surface area contributed by atoms with E-state index in [1.807, 2.05) is 0 Å². The van der Waals surface area contributed by atoms with Gasteiger partial charge < -0.3 is 4.90 Å². The van der Waals surface area contributed by atoms with Crippen LogP contribution in [0.4, 0.5) is 17.1 Å². The molecule has 55 heavy (non-hydrogen) atoms. The van der Waals surface area contributed by atoms with Crippen molar-refractivity contribution >= 4 is 17.1 Å². The lowest BCUT2D eigenvalue weighted by Gasteiger charge is -2.29. The predicted molar refractivity (Wildman–Crippen MR) is 234 cm³/mol. The van der Waals surface area contributed by atoms with Gasteiger partial charge in [-0.25, -0.2) is 0 Å². The summed E-state index contributed by atoms with van der Waals surface area (Å²) in [4.78, 5) is 2.41. The molecule has 0 aromatic heterocycles. The second-order valence-electron chi connectivity index (χ2n) is 13.7. The summed E-state index contributed by atoms with van der Waals surface area (Å²) in [6, 6.07) is 85.0. The maximum atomic E-state index is 2.41. The van der Waals surface area contributed by atoms with Gasteiger partial charge >= 0.3 is 0 Å². The lowest BCUT2D eigenvalue weighted by Crippen LogP contribution is -2.11. The molecular formula is C54H39N. The van der Waals surface area contributed by atoms with Gasteiger partial charge in [-0.15, -0.1) is 0 Å². The second kappa shape index (κ2) is 15.4. The number of nitrogens with zero attached hydrogens (tertiary/aromatic N) is 1. The topological polar surface area (TPSA) is 3.24 Å². The first kappa shape index (κ1) is 33.6. The monoisotopic (exact) mass is 701 g/mol. The Kier molecular flexibility index (Phi) is 9.41. The van der Waals surface area contributed by atoms with Crippen LogP contribution in [0.3, 0.4) is 0 Å². The molecule has 0 fully saturated rings. The van der Waals surface area contributed by atoms with Gasteiger partial charge in [-0.3, -0.25) is 0 Å². The molecule has 0 aliphatic heterocycles. The largest absolute Gasteiger partial charge is 0.310 e. The average Bonchev–Trinajstić information content (AvgIpc) is 3.28. The highest BCUT2D eigenvalue weighted by atomic mass is 15.1. The van der Waals surface area contributed by atoms with Crippen LogP contribution in [0.2, 0.25) is 0 Å². The fourth-order valence-electron chi connectivity index (χ4n) is 7.63. The Morgan fingerprint density at radius 1 is 0.218 bits per heavy atom. The standard InChI is InChI=1S/C54H39N/c1-6-18-40(19-7-1)42-32-35-48(36-33-42)55(49-29-16-28-46(38-49)41-20-8-2-9-21-41)53-37-34-47(39-52(53)44-24-12-4-13-25-44)51-31-17-30-50(43-22-10-3-11-23-43)54(51)45-26-14-5-15-27-45/h1-39H. The molecule has 0 atom stereocenters. The van der Waals surface area contributed by atoms with Gasteiger partial charge in [0.05, 0.1) is 5.69 Å². The van der Waals surface area contributed by atoms with Gasteiger partial charge in [0.15, 0.2) is 0 Å². The minimum atomic E-state index is 1.09. The smallest absolute Gasteiger partial charge is 0.0540 e. The predicted octanol–water partition coefficient (Wildman–Crippen LogP) is 15.2. The zero-order valence-electron chi connectivity index (χ0n) is 30.5. The molecule has 1 heteroatoms. The molecule has 0 bridgehead atoms. The normalized spacial score (nSPS) is 10.9. The molecule has 1 nitrogen and oxygen atoms in total. The van der Waals surface area contributed by atoms with Crippen molar-refractivity contribution in [3.05, 3.63) is 237 Å². The van der Waals surface area contributed by atoms with Crippen molar-refractivity contribution in [2.24, 2.45) is 0 Å². The molecule has 9 aromatic carbocycles. The van der Waals surface area contributed by atoms with Crippen molar-refractivity contribution in [2.75, 3.05) is 4.90 Å². The van der Waals surface area contributed by atoms with Crippen LogP contribution >= 0.6 is 0 Å². The van der Waals surface area contributed by atoms with Crippen LogP contribution in [0.15, 0.2) is 237 Å². The van der Waals surface area contributed by atoms with E-state index in [0.29, 0.717) is 0 Å². The SMILES string of the molecule is c1ccc(-c2ccc(N(c3cccc(-c4ccccc4)c3)c3ccc(-c4cccc(-c5ccccc5)c4-c4ccccc4)cc3-c3ccccc3)cc2)cc1. The zero-order chi connectivity index (χ0) is 36.8. The van der Waals surface area contributed by atoms with Crippen LogP contribution in [0.25, 0.3) is 66.8 Å². The van der Waals surface area contributed by atoms with Crippen molar-refractivity contribution in [2.45, 2.75) is 0 Å². The van der Waals surface area contributed by atoms with Crippen LogP contribution in [0.1, 0.15) is 0 Å². The summed E-state index contributed by atoms with van der Waals surface area (Å²) >= 11 is 0. The Balaban J connectivity index is 1.26. The molecular weight excluding hydrogens is 663 g/mol. The molecule has 9 aromatic rings. The molecule has 0 amide bonds. The molecule has 0 saturated heterocycles. The van der Waals surface area contributed by atoms with Crippen molar-refractivity contribution in [1.82, 2.24) is 0 Å². The van der Waals surface area contributed by atoms with Gasteiger partial charge in [0, 0.05) is 16.9 Å². The van der Waals surface area contributed by atoms with E-state index in [2.05, 4.69) is 241 Å². The van der Waals surface area contributed by atoms with Crippen molar-refractivity contribution in [3.8, 4) is 66.8 Å². The highest BCUT2D eigenvalue weighted by Gasteiger charge is 2.21. The summed E-state index contributed by atoms with van der Waals surface area (Å²) in [5.74, 6) is 0. The van der Waals surface area contributed by atoms with Gasteiger partial charge in [-0.1, -0.05) is 200 Å². The number of benzene rings is 9. The summed E-state index contributed by atoms with van der Waals surface area (Å²) in [7, 11) is 0. The molecule has 0 saturated carbocycles. The Labute approximate surface area is 324 Å². The minimum absolute atomic E-state index is 1.09. The van der Waals surface area contributed by atoms with Gasteiger partial charge in [0.1, 0.15) is 0 Å². The fraction of sp³-hybridized carbons (Fsp3) is 0. The van der Waals surface area contributed by atoms with Gasteiger partial charge in [0.25, 0.3) is 0 Å². The summed E-state index contributed by atoms with van der Waals surface area (Å²) < 4.78 is 0. The molecule has 0 aliphatic carbocycles. The van der Waals surface area contributed by atoms with E-state index >= 15 is 0 Å². The van der Waals surface area contributed by atoms with Crippen LogP contribution in [-0.2, 0) is 0 Å². The molecule has 0 spiro atoms. The molecule has 0 radical (unpaired) electrons. The zero-order valence-corrected chi connectivity index (χ0v) is 30.5. The van der Waals surface area contributed by atoms with Crippen molar-refractivity contribution < 1.29 is 0 Å². The molecule has 0 N–H and O–H groups in total. The Morgan fingerprint density at radius 2 is 0.636 bits per heavy atom. The second-order valence-corrected chi connectivity index (χ2v) is 13.7. The first-order valence-corrected chi connectivity index (χ1v) is 18.8. The van der Waals surface area contributed by atoms with Crippen LogP contribution in [0.5, 0.6) is 0 Å². The Hall–Kier alpha value is -7.22. The molecule has 9 rings (SSSR count). The van der Waals surface area contributed by atoms with E-state index in [9.17, 15) is 0 Å². The van der Waals surface area contributed by atoms with Crippen LogP contribution < -0.4 is 4.90 Å². The Morgan fingerprint density at radius 3 is 1.22 bits per heavy atom. The number of rotatable bonds is 9. The van der Waals surface area contributed by atoms with E-state index in [-0.39, 0.29) is 0 Å². The maximum Gasteiger partial charge on any atom is 0.0540 e. The fourth-order valence-corrected chi connectivity index (χ4v) is 7.63. The van der Waals surface area contributed by atoms with E-state index in [0.717, 1.165) is 33.8 Å². The molecule has 0 aliphatic rings. The molecule has 260 valence electrons. The number of hydrogen-bond acceptors (Lipinski definition) is 1. The van der Waals surface area contributed by atoms with Crippen molar-refractivity contribution in [1.29, 1.82) is 0 Å². The average molecular weight is 702 g/mol. The lowest BCUT2D eigenvalue weighted by atomic mass is 9.86. The molecule has 0 unspecified atom stereocenters. The highest BCUT2D eigenvalue weighted by Crippen LogP contribution is 2.46. The third-order valence-corrected chi connectivity index (χ3v) is 10.3. The van der Waals surface area contributed by atoms with Gasteiger partial charge in [0.2, 0.25) is 0 Å². The van der Waals surface area contributed by atoms with Crippen LogP contribution in [0, 0.1) is 0 Å². The number of hydrogen-bond donors (Lipinski definition) is 0. The summed E-state index contributed by atoms with van der Waals surface area (Å²) in [5, 5.41) is 0. The quantitative estimate of drug-likeness (QED) is 0.145. The lowest BCUT2D eigenvalue weighted by molar-refractivity contribution is 1.28. The van der Waals surface area contributed by atoms with Crippen LogP contribution in [-0.4, -0.2) is 0 Å². The third-order valence-electron chi connectivity index (χ3n) is 10.3. The first-order chi connectivity index (χ1) is 27.3. The minimum Gasteiger partial charge on any atom is -0.310 e. The molecule has 0 heterocycles. The Bertz CT molecular complexity index is 2650. The van der Waals surface area contributed by atoms with Crippen molar-refractivity contribution in [3.63, 3.8) is 0 Å². The number of anilines is 3. The highest BCUT2D eigenvalue weighted by molar-refractivity contribution is 5.97. The van der Waals surface area contributed by atoms with E-state index in [1.54, 1.807) is 0 Å². The van der Waals surface area contributed by atoms with Gasteiger partial charge in [-0.05, 0) is 97.6 Å². The third kappa shape index (κ3) is 7.00. The van der Waals surface area contributed by atoms with E-state index < -0.39 is 0 Å².